The second-order valence-electron chi connectivity index (χ2n) is 2.54. The average molecular weight is 143 g/mol. The summed E-state index contributed by atoms with van der Waals surface area (Å²) in [5.41, 5.74) is 0. The lowest BCUT2D eigenvalue weighted by Gasteiger charge is -2.08. The molecule has 2 aliphatic heterocycles. The minimum absolute atomic E-state index is 0.301. The van der Waals surface area contributed by atoms with Crippen LogP contribution in [0.15, 0.2) is 0 Å². The van der Waals surface area contributed by atoms with Crippen LogP contribution in [0.5, 0.6) is 0 Å². The van der Waals surface area contributed by atoms with Gasteiger partial charge in [-0.15, -0.1) is 0 Å². The lowest BCUT2D eigenvalue weighted by molar-refractivity contribution is -0.118. The van der Waals surface area contributed by atoms with Crippen molar-refractivity contribution in [1.29, 1.82) is 0 Å². The summed E-state index contributed by atoms with van der Waals surface area (Å²) in [5.74, 6) is 1.17. The van der Waals surface area contributed by atoms with Crippen molar-refractivity contribution in [2.24, 2.45) is 0 Å². The van der Waals surface area contributed by atoms with E-state index in [1.54, 1.807) is 11.9 Å². The number of Topliss-reactive ketones (excluding diaryl/α,β-unsaturated/α-hetero) is 1. The van der Waals surface area contributed by atoms with Crippen molar-refractivity contribution in [1.82, 2.24) is 4.31 Å². The molecule has 3 heteroatoms. The van der Waals surface area contributed by atoms with Crippen LogP contribution in [0, 0.1) is 0 Å². The zero-order valence-corrected chi connectivity index (χ0v) is 5.99. The fourth-order valence-corrected chi connectivity index (χ4v) is 2.61. The van der Waals surface area contributed by atoms with Gasteiger partial charge in [0.15, 0.2) is 5.78 Å². The van der Waals surface area contributed by atoms with E-state index in [4.69, 9.17) is 0 Å². The third kappa shape index (κ3) is 0.792. The molecule has 2 aliphatic rings. The average Bonchev–Trinajstić information content (AvgIpc) is 2.35. The summed E-state index contributed by atoms with van der Waals surface area (Å²) in [5, 5.41) is 0. The van der Waals surface area contributed by atoms with Crippen molar-refractivity contribution >= 4 is 17.7 Å². The SMILES string of the molecule is O=C1CSN2CCCC12. The van der Waals surface area contributed by atoms with Gasteiger partial charge in [0.05, 0.1) is 11.8 Å². The van der Waals surface area contributed by atoms with Crippen molar-refractivity contribution in [2.75, 3.05) is 12.3 Å². The minimum Gasteiger partial charge on any atom is -0.297 e. The Kier molecular flexibility index (Phi) is 1.27. The molecule has 2 rings (SSSR count). The minimum atomic E-state index is 0.301. The van der Waals surface area contributed by atoms with Crippen LogP contribution < -0.4 is 0 Å². The van der Waals surface area contributed by atoms with E-state index in [1.807, 2.05) is 0 Å². The number of carbonyl (C=O) groups excluding carboxylic acids is 1. The molecule has 1 atom stereocenters. The molecule has 0 radical (unpaired) electrons. The first-order valence-corrected chi connectivity index (χ1v) is 4.24. The van der Waals surface area contributed by atoms with E-state index in [-0.39, 0.29) is 0 Å². The first-order chi connectivity index (χ1) is 4.38. The van der Waals surface area contributed by atoms with Crippen LogP contribution in [0.25, 0.3) is 0 Å². The molecule has 0 aromatic carbocycles. The zero-order chi connectivity index (χ0) is 6.27. The van der Waals surface area contributed by atoms with Gasteiger partial charge in [0.2, 0.25) is 0 Å². The summed E-state index contributed by atoms with van der Waals surface area (Å²) in [4.78, 5) is 11.0. The molecule has 0 aromatic heterocycles. The molecule has 0 spiro atoms. The number of nitrogens with zero attached hydrogens (tertiary/aromatic N) is 1. The Labute approximate surface area is 58.7 Å². The Bertz CT molecular complexity index is 148. The Morgan fingerprint density at radius 1 is 1.67 bits per heavy atom. The zero-order valence-electron chi connectivity index (χ0n) is 5.17. The molecule has 1 unspecified atom stereocenters. The van der Waals surface area contributed by atoms with E-state index in [1.165, 1.54) is 6.42 Å². The van der Waals surface area contributed by atoms with Crippen LogP contribution in [0.1, 0.15) is 12.8 Å². The lowest BCUT2D eigenvalue weighted by atomic mass is 10.2. The largest absolute Gasteiger partial charge is 0.297 e. The maximum absolute atomic E-state index is 11.0. The molecule has 2 nitrogen and oxygen atoms in total. The first kappa shape index (κ1) is 5.74. The smallest absolute Gasteiger partial charge is 0.162 e. The van der Waals surface area contributed by atoms with Gasteiger partial charge in [-0.25, -0.2) is 4.31 Å². The monoisotopic (exact) mass is 143 g/mol. The highest BCUT2D eigenvalue weighted by atomic mass is 32.2. The van der Waals surface area contributed by atoms with Crippen LogP contribution in [-0.4, -0.2) is 28.4 Å². The predicted molar refractivity (Wildman–Crippen MR) is 37.2 cm³/mol. The summed E-state index contributed by atoms with van der Waals surface area (Å²) >= 11 is 1.70. The third-order valence-electron chi connectivity index (χ3n) is 1.95. The molecule has 2 heterocycles. The van der Waals surface area contributed by atoms with Crippen molar-refractivity contribution in [3.63, 3.8) is 0 Å². The van der Waals surface area contributed by atoms with Gasteiger partial charge in [-0.3, -0.25) is 4.79 Å². The highest BCUT2D eigenvalue weighted by Crippen LogP contribution is 2.32. The van der Waals surface area contributed by atoms with Crippen LogP contribution in [0.2, 0.25) is 0 Å². The van der Waals surface area contributed by atoms with E-state index in [0.29, 0.717) is 11.8 Å². The Balaban J connectivity index is 2.15. The Morgan fingerprint density at radius 3 is 3.33 bits per heavy atom. The normalized spacial score (nSPS) is 35.6. The number of fused-ring (bicyclic) bond motifs is 1. The molecule has 0 aromatic rings. The summed E-state index contributed by atoms with van der Waals surface area (Å²) in [7, 11) is 0. The fourth-order valence-electron chi connectivity index (χ4n) is 1.46. The van der Waals surface area contributed by atoms with Gasteiger partial charge in [0, 0.05) is 6.54 Å². The van der Waals surface area contributed by atoms with Crippen molar-refractivity contribution in [3.05, 3.63) is 0 Å². The van der Waals surface area contributed by atoms with E-state index in [2.05, 4.69) is 4.31 Å². The number of hydrogen-bond donors (Lipinski definition) is 0. The lowest BCUT2D eigenvalue weighted by Crippen LogP contribution is -2.22. The molecular formula is C6H9NOS. The van der Waals surface area contributed by atoms with Gasteiger partial charge in [-0.2, -0.15) is 0 Å². The van der Waals surface area contributed by atoms with Crippen LogP contribution in [-0.2, 0) is 4.79 Å². The molecule has 0 N–H and O–H groups in total. The third-order valence-corrected chi connectivity index (χ3v) is 3.13. The number of hydrogen-bond acceptors (Lipinski definition) is 3. The fraction of sp³-hybridized carbons (Fsp3) is 0.833. The van der Waals surface area contributed by atoms with Gasteiger partial charge < -0.3 is 0 Å². The van der Waals surface area contributed by atoms with Crippen molar-refractivity contribution in [2.45, 2.75) is 18.9 Å². The van der Waals surface area contributed by atoms with E-state index in [0.717, 1.165) is 18.7 Å². The standard InChI is InChI=1S/C6H9NOS/c8-6-4-9-7-3-1-2-5(6)7/h5H,1-4H2. The van der Waals surface area contributed by atoms with E-state index < -0.39 is 0 Å². The maximum Gasteiger partial charge on any atom is 0.162 e. The Hall–Kier alpha value is -0.0200. The topological polar surface area (TPSA) is 20.3 Å². The summed E-state index contributed by atoms with van der Waals surface area (Å²) < 4.78 is 2.22. The predicted octanol–water partition coefficient (Wildman–Crippen LogP) is 0.682. The van der Waals surface area contributed by atoms with Gasteiger partial charge in [-0.1, -0.05) is 11.9 Å². The number of carbonyl (C=O) groups is 1. The second kappa shape index (κ2) is 1.99. The van der Waals surface area contributed by atoms with Gasteiger partial charge in [0.25, 0.3) is 0 Å². The van der Waals surface area contributed by atoms with Crippen LogP contribution in [0.3, 0.4) is 0 Å². The highest BCUT2D eigenvalue weighted by molar-refractivity contribution is 7.98. The van der Waals surface area contributed by atoms with Gasteiger partial charge in [0.1, 0.15) is 0 Å². The van der Waals surface area contributed by atoms with Crippen LogP contribution >= 0.6 is 11.9 Å². The highest BCUT2D eigenvalue weighted by Gasteiger charge is 2.36. The molecule has 0 saturated carbocycles. The molecule has 0 bridgehead atoms. The molecular weight excluding hydrogens is 134 g/mol. The summed E-state index contributed by atoms with van der Waals surface area (Å²) in [6.45, 7) is 1.13. The second-order valence-corrected chi connectivity index (χ2v) is 3.55. The van der Waals surface area contributed by atoms with E-state index >= 15 is 0 Å². The molecule has 9 heavy (non-hydrogen) atoms. The molecule has 0 aliphatic carbocycles. The quantitative estimate of drug-likeness (QED) is 0.465. The van der Waals surface area contributed by atoms with Gasteiger partial charge >= 0.3 is 0 Å². The summed E-state index contributed by atoms with van der Waals surface area (Å²) in [6.07, 6.45) is 2.31. The molecule has 2 saturated heterocycles. The van der Waals surface area contributed by atoms with E-state index in [9.17, 15) is 4.79 Å². The molecule has 2 fully saturated rings. The Morgan fingerprint density at radius 2 is 2.56 bits per heavy atom. The molecule has 50 valence electrons. The summed E-state index contributed by atoms with van der Waals surface area (Å²) in [6, 6.07) is 0.301. The van der Waals surface area contributed by atoms with Crippen molar-refractivity contribution < 1.29 is 4.79 Å². The van der Waals surface area contributed by atoms with Gasteiger partial charge in [-0.05, 0) is 12.8 Å². The van der Waals surface area contributed by atoms with Crippen molar-refractivity contribution in [3.8, 4) is 0 Å². The molecule has 0 amide bonds. The number of rotatable bonds is 0. The van der Waals surface area contributed by atoms with Crippen LogP contribution in [0.4, 0.5) is 0 Å². The maximum atomic E-state index is 11.0. The number of ketones is 1. The first-order valence-electron chi connectivity index (χ1n) is 3.30.